The van der Waals surface area contributed by atoms with Gasteiger partial charge < -0.3 is 15.1 Å². The van der Waals surface area contributed by atoms with E-state index in [1.54, 1.807) is 18.7 Å². The molecule has 0 unspecified atom stereocenters. The van der Waals surface area contributed by atoms with E-state index in [9.17, 15) is 19.8 Å². The van der Waals surface area contributed by atoms with Gasteiger partial charge in [0.2, 0.25) is 0 Å². The van der Waals surface area contributed by atoms with Gasteiger partial charge in [-0.25, -0.2) is 0 Å². The van der Waals surface area contributed by atoms with E-state index in [0.717, 1.165) is 0 Å². The Morgan fingerprint density at radius 1 is 1.29 bits per heavy atom. The van der Waals surface area contributed by atoms with Crippen LogP contribution in [-0.2, 0) is 0 Å². The predicted molar refractivity (Wildman–Crippen MR) is 77.4 cm³/mol. The second-order valence-corrected chi connectivity index (χ2v) is 6.00. The number of amides is 1. The average Bonchev–Trinajstić information content (AvgIpc) is 2.35. The lowest BCUT2D eigenvalue weighted by atomic mass is 10.1. The number of β-amino-alcohol motifs (C(OH)–C–C–N with tert-alkyl or cyclic N) is 1. The van der Waals surface area contributed by atoms with Crippen LogP contribution in [-0.4, -0.2) is 69.2 Å². The summed E-state index contributed by atoms with van der Waals surface area (Å²) in [6, 6.07) is 2.44. The largest absolute Gasteiger partial charge is 0.494 e. The van der Waals surface area contributed by atoms with Crippen LogP contribution in [0.4, 0.5) is 0 Å². The minimum atomic E-state index is -0.759. The zero-order valence-corrected chi connectivity index (χ0v) is 12.3. The Morgan fingerprint density at radius 3 is 2.43 bits per heavy atom. The van der Waals surface area contributed by atoms with Crippen LogP contribution < -0.4 is 5.56 Å². The van der Waals surface area contributed by atoms with Gasteiger partial charge in [-0.3, -0.25) is 19.5 Å². The molecule has 7 heteroatoms. The van der Waals surface area contributed by atoms with Gasteiger partial charge in [-0.1, -0.05) is 0 Å². The normalized spacial score (nSPS) is 17.0. The monoisotopic (exact) mass is 295 g/mol. The molecule has 2 heterocycles. The second-order valence-electron chi connectivity index (χ2n) is 6.00. The van der Waals surface area contributed by atoms with Crippen molar-refractivity contribution >= 4 is 5.91 Å². The minimum Gasteiger partial charge on any atom is -0.494 e. The lowest BCUT2D eigenvalue weighted by Gasteiger charge is -2.37. The first kappa shape index (κ1) is 15.5. The van der Waals surface area contributed by atoms with E-state index in [-0.39, 0.29) is 17.4 Å². The van der Waals surface area contributed by atoms with Crippen molar-refractivity contribution in [3.63, 3.8) is 0 Å². The van der Waals surface area contributed by atoms with Crippen LogP contribution in [0.25, 0.3) is 0 Å². The standard InChI is InChI=1S/C14H21N3O4/c1-14(2,21)9-16-3-5-17(6-4-16)13(20)10-7-11(18)15-12(19)8-10/h7-8,21H,3-6,9H2,1-2H3,(H2,15,18,19). The molecule has 1 aromatic heterocycles. The number of H-pyrrole nitrogens is 1. The summed E-state index contributed by atoms with van der Waals surface area (Å²) in [5.74, 6) is -0.578. The van der Waals surface area contributed by atoms with E-state index in [1.807, 2.05) is 0 Å². The van der Waals surface area contributed by atoms with Gasteiger partial charge in [-0.05, 0) is 13.8 Å². The van der Waals surface area contributed by atoms with Crippen LogP contribution >= 0.6 is 0 Å². The van der Waals surface area contributed by atoms with Crippen LogP contribution in [0.15, 0.2) is 16.9 Å². The van der Waals surface area contributed by atoms with Crippen molar-refractivity contribution in [3.8, 4) is 5.88 Å². The lowest BCUT2D eigenvalue weighted by Crippen LogP contribution is -2.52. The van der Waals surface area contributed by atoms with E-state index in [4.69, 9.17) is 0 Å². The molecule has 0 radical (unpaired) electrons. The van der Waals surface area contributed by atoms with Crippen LogP contribution in [0.5, 0.6) is 5.88 Å². The number of pyridine rings is 1. The zero-order valence-electron chi connectivity index (χ0n) is 12.3. The van der Waals surface area contributed by atoms with Gasteiger partial charge in [0.1, 0.15) is 0 Å². The molecule has 0 saturated carbocycles. The SMILES string of the molecule is CC(C)(O)CN1CCN(C(=O)c2cc(O)[nH]c(=O)c2)CC1. The van der Waals surface area contributed by atoms with Gasteiger partial charge in [0, 0.05) is 44.9 Å². The number of aromatic amines is 1. The highest BCUT2D eigenvalue weighted by Gasteiger charge is 2.25. The topological polar surface area (TPSA) is 96.9 Å². The van der Waals surface area contributed by atoms with E-state index >= 15 is 0 Å². The van der Waals surface area contributed by atoms with Crippen LogP contribution in [0, 0.1) is 0 Å². The lowest BCUT2D eigenvalue weighted by molar-refractivity contribution is 0.0178. The van der Waals surface area contributed by atoms with Crippen molar-refractivity contribution in [3.05, 3.63) is 28.0 Å². The quantitative estimate of drug-likeness (QED) is 0.705. The van der Waals surface area contributed by atoms with Crippen LogP contribution in [0.1, 0.15) is 24.2 Å². The molecular formula is C14H21N3O4. The summed E-state index contributed by atoms with van der Waals surface area (Å²) in [5.41, 5.74) is -1.07. The van der Waals surface area contributed by atoms with Crippen molar-refractivity contribution in [2.45, 2.75) is 19.4 Å². The number of rotatable bonds is 3. The average molecular weight is 295 g/mol. The summed E-state index contributed by atoms with van der Waals surface area (Å²) in [5, 5.41) is 19.1. The fourth-order valence-electron chi connectivity index (χ4n) is 2.49. The van der Waals surface area contributed by atoms with Crippen molar-refractivity contribution in [1.82, 2.24) is 14.8 Å². The molecule has 2 rings (SSSR count). The molecule has 3 N–H and O–H groups in total. The summed E-state index contributed by atoms with van der Waals surface area (Å²) in [6.07, 6.45) is 0. The number of aromatic nitrogens is 1. The summed E-state index contributed by atoms with van der Waals surface area (Å²) in [6.45, 7) is 6.47. The fraction of sp³-hybridized carbons (Fsp3) is 0.571. The van der Waals surface area contributed by atoms with Gasteiger partial charge >= 0.3 is 0 Å². The molecule has 1 fully saturated rings. The van der Waals surface area contributed by atoms with Gasteiger partial charge in [-0.2, -0.15) is 0 Å². The molecular weight excluding hydrogens is 274 g/mol. The molecule has 116 valence electrons. The van der Waals surface area contributed by atoms with Crippen LogP contribution in [0.2, 0.25) is 0 Å². The maximum absolute atomic E-state index is 12.3. The first-order valence-electron chi connectivity index (χ1n) is 6.92. The molecule has 0 aromatic carbocycles. The number of aliphatic hydroxyl groups is 1. The number of carbonyl (C=O) groups is 1. The number of hydrogen-bond acceptors (Lipinski definition) is 5. The zero-order chi connectivity index (χ0) is 15.6. The first-order chi connectivity index (χ1) is 9.74. The summed E-state index contributed by atoms with van der Waals surface area (Å²) < 4.78 is 0. The van der Waals surface area contributed by atoms with Gasteiger partial charge in [-0.15, -0.1) is 0 Å². The van der Waals surface area contributed by atoms with Crippen molar-refractivity contribution in [2.75, 3.05) is 32.7 Å². The number of aromatic hydroxyl groups is 1. The first-order valence-corrected chi connectivity index (χ1v) is 6.92. The van der Waals surface area contributed by atoms with E-state index in [0.29, 0.717) is 32.7 Å². The molecule has 0 bridgehead atoms. The third-order valence-electron chi connectivity index (χ3n) is 3.35. The molecule has 1 saturated heterocycles. The number of nitrogens with zero attached hydrogens (tertiary/aromatic N) is 2. The highest BCUT2D eigenvalue weighted by molar-refractivity contribution is 5.94. The van der Waals surface area contributed by atoms with Crippen molar-refractivity contribution in [1.29, 1.82) is 0 Å². The number of hydrogen-bond donors (Lipinski definition) is 3. The molecule has 1 aromatic rings. The van der Waals surface area contributed by atoms with Crippen molar-refractivity contribution < 1.29 is 15.0 Å². The number of carbonyl (C=O) groups excluding carboxylic acids is 1. The van der Waals surface area contributed by atoms with Gasteiger partial charge in [0.05, 0.1) is 11.2 Å². The third-order valence-corrected chi connectivity index (χ3v) is 3.35. The Hall–Kier alpha value is -1.86. The van der Waals surface area contributed by atoms with E-state index < -0.39 is 11.2 Å². The highest BCUT2D eigenvalue weighted by Crippen LogP contribution is 2.12. The second kappa shape index (κ2) is 5.87. The van der Waals surface area contributed by atoms with E-state index in [1.165, 1.54) is 12.1 Å². The molecule has 1 aliphatic rings. The Bertz CT molecular complexity index is 568. The highest BCUT2D eigenvalue weighted by atomic mass is 16.3. The molecule has 1 amide bonds. The Balaban J connectivity index is 1.98. The molecule has 0 spiro atoms. The molecule has 0 aliphatic carbocycles. The maximum Gasteiger partial charge on any atom is 0.254 e. The smallest absolute Gasteiger partial charge is 0.254 e. The Labute approximate surface area is 122 Å². The number of nitrogens with one attached hydrogen (secondary N) is 1. The summed E-state index contributed by atoms with van der Waals surface area (Å²) in [7, 11) is 0. The minimum absolute atomic E-state index is 0.187. The Kier molecular flexibility index (Phi) is 4.34. The third kappa shape index (κ3) is 4.30. The van der Waals surface area contributed by atoms with Gasteiger partial charge in [0.15, 0.2) is 5.88 Å². The van der Waals surface area contributed by atoms with E-state index in [2.05, 4.69) is 9.88 Å². The fourth-order valence-corrected chi connectivity index (χ4v) is 2.49. The Morgan fingerprint density at radius 2 is 1.90 bits per heavy atom. The number of piperazine rings is 1. The van der Waals surface area contributed by atoms with Crippen molar-refractivity contribution in [2.24, 2.45) is 0 Å². The predicted octanol–water partition coefficient (Wildman–Crippen LogP) is -0.391. The van der Waals surface area contributed by atoms with Gasteiger partial charge in [0.25, 0.3) is 11.5 Å². The molecule has 1 aliphatic heterocycles. The summed E-state index contributed by atoms with van der Waals surface area (Å²) >= 11 is 0. The summed E-state index contributed by atoms with van der Waals surface area (Å²) in [4.78, 5) is 29.5. The molecule has 0 atom stereocenters. The van der Waals surface area contributed by atoms with Crippen LogP contribution in [0.3, 0.4) is 0 Å². The molecule has 7 nitrogen and oxygen atoms in total. The maximum atomic E-state index is 12.3. The molecule has 21 heavy (non-hydrogen) atoms.